The second-order valence-electron chi connectivity index (χ2n) is 9.06. The Balaban J connectivity index is 1.39. The van der Waals surface area contributed by atoms with Crippen molar-refractivity contribution >= 4 is 17.5 Å². The van der Waals surface area contributed by atoms with Gasteiger partial charge in [-0.2, -0.15) is 18.3 Å². The monoisotopic (exact) mass is 604 g/mol. The Bertz CT molecular complexity index is 1930. The van der Waals surface area contributed by atoms with Gasteiger partial charge in [-0.3, -0.25) is 19.7 Å². The lowest BCUT2D eigenvalue weighted by Crippen LogP contribution is -2.19. The van der Waals surface area contributed by atoms with Crippen molar-refractivity contribution < 1.29 is 31.9 Å². The maximum Gasteiger partial charge on any atom is 0.416 e. The second-order valence-corrected chi connectivity index (χ2v) is 9.06. The van der Waals surface area contributed by atoms with Gasteiger partial charge in [0.05, 0.1) is 17.3 Å². The fraction of sp³-hybridized carbons (Fsp3) is 0.103. The van der Waals surface area contributed by atoms with E-state index >= 15 is 0 Å². The third-order valence-electron chi connectivity index (χ3n) is 6.09. The molecule has 0 unspecified atom stereocenters. The molecule has 3 aromatic heterocycles. The normalized spacial score (nSPS) is 11.0. The first-order valence-corrected chi connectivity index (χ1v) is 12.6. The Morgan fingerprint density at radius 1 is 0.977 bits per heavy atom. The fourth-order valence-corrected chi connectivity index (χ4v) is 3.91. The van der Waals surface area contributed by atoms with Crippen molar-refractivity contribution in [2.45, 2.75) is 6.18 Å². The van der Waals surface area contributed by atoms with Crippen molar-refractivity contribution in [1.29, 1.82) is 0 Å². The number of aromatic nitrogens is 6. The van der Waals surface area contributed by atoms with E-state index in [1.807, 2.05) is 0 Å². The molecule has 0 fully saturated rings. The van der Waals surface area contributed by atoms with Crippen molar-refractivity contribution in [3.8, 4) is 35.0 Å². The van der Waals surface area contributed by atoms with E-state index in [1.54, 1.807) is 11.6 Å². The van der Waals surface area contributed by atoms with E-state index in [0.29, 0.717) is 17.3 Å². The smallest absolute Gasteiger partial charge is 0.416 e. The van der Waals surface area contributed by atoms with Crippen molar-refractivity contribution in [2.75, 3.05) is 12.4 Å². The number of H-pyrrole nitrogens is 1. The number of nitrogens with zero attached hydrogens (tertiary/aromatic N) is 5. The zero-order valence-electron chi connectivity index (χ0n) is 22.8. The van der Waals surface area contributed by atoms with Crippen molar-refractivity contribution in [3.05, 3.63) is 101 Å². The molecule has 222 valence electrons. The number of halogens is 4. The molecule has 0 atom stereocenters. The lowest BCUT2D eigenvalue weighted by Gasteiger charge is -2.14. The van der Waals surface area contributed by atoms with Crippen LogP contribution < -0.4 is 15.4 Å². The molecule has 0 bridgehead atoms. The van der Waals surface area contributed by atoms with Crippen LogP contribution in [0.1, 0.15) is 37.7 Å². The van der Waals surface area contributed by atoms with Gasteiger partial charge in [-0.1, -0.05) is 5.92 Å². The molecule has 2 aromatic carbocycles. The van der Waals surface area contributed by atoms with Crippen LogP contribution in [0.5, 0.6) is 11.5 Å². The van der Waals surface area contributed by atoms with E-state index in [0.717, 1.165) is 18.2 Å². The number of nitrogens with one attached hydrogen (secondary N) is 3. The van der Waals surface area contributed by atoms with Gasteiger partial charge in [0.25, 0.3) is 11.8 Å². The lowest BCUT2D eigenvalue weighted by atomic mass is 10.1. The summed E-state index contributed by atoms with van der Waals surface area (Å²) in [5.74, 6) is 4.01. The molecule has 5 aromatic rings. The molecule has 2 amide bonds. The summed E-state index contributed by atoms with van der Waals surface area (Å²) in [5.41, 5.74) is -1.13. The van der Waals surface area contributed by atoms with Crippen molar-refractivity contribution in [2.24, 2.45) is 7.05 Å². The summed E-state index contributed by atoms with van der Waals surface area (Å²) < 4.78 is 62.8. The molecule has 44 heavy (non-hydrogen) atoms. The molecule has 0 saturated heterocycles. The molecule has 0 aliphatic heterocycles. The minimum Gasteiger partial charge on any atom is -0.457 e. The first-order valence-electron chi connectivity index (χ1n) is 12.6. The molecule has 5 rings (SSSR count). The highest BCUT2D eigenvalue weighted by Crippen LogP contribution is 2.36. The quantitative estimate of drug-likeness (QED) is 0.191. The Labute approximate surface area is 246 Å². The summed E-state index contributed by atoms with van der Waals surface area (Å²) >= 11 is 0. The van der Waals surface area contributed by atoms with Crippen LogP contribution in [-0.4, -0.2) is 48.6 Å². The molecule has 11 nitrogen and oxygen atoms in total. The Morgan fingerprint density at radius 2 is 1.80 bits per heavy atom. The standard InChI is InChI=1S/C29H20F4N8O3/c1-34-28(43)24-13-21(7-8-35-24)44-22-11-18(29(31,32)33)10-19(12-22)39-27(42)17-4-6-23(30)16(9-17)3-5-20-14-36-26(41(20)2)25-37-15-38-40-25/h4,6-15H,1-2H3,(H,34,43)(H,39,42)(H,37,38,40). The number of pyridine rings is 1. The van der Waals surface area contributed by atoms with Crippen LogP contribution >= 0.6 is 0 Å². The summed E-state index contributed by atoms with van der Waals surface area (Å²) in [5, 5.41) is 11.2. The van der Waals surface area contributed by atoms with Gasteiger partial charge in [0.1, 0.15) is 35.0 Å². The number of alkyl halides is 3. The number of anilines is 1. The maximum absolute atomic E-state index is 14.6. The zero-order valence-corrected chi connectivity index (χ0v) is 22.8. The highest BCUT2D eigenvalue weighted by Gasteiger charge is 2.32. The number of benzene rings is 2. The van der Waals surface area contributed by atoms with E-state index < -0.39 is 29.4 Å². The minimum absolute atomic E-state index is 0.0145. The number of amides is 2. The number of rotatable bonds is 6. The average molecular weight is 605 g/mol. The predicted octanol–water partition coefficient (Wildman–Crippen LogP) is 4.56. The van der Waals surface area contributed by atoms with Crippen LogP contribution in [0.15, 0.2) is 67.3 Å². The van der Waals surface area contributed by atoms with Crippen LogP contribution in [0.4, 0.5) is 23.2 Å². The van der Waals surface area contributed by atoms with Crippen molar-refractivity contribution in [1.82, 2.24) is 35.0 Å². The van der Waals surface area contributed by atoms with Crippen LogP contribution in [0.2, 0.25) is 0 Å². The molecule has 0 spiro atoms. The van der Waals surface area contributed by atoms with E-state index in [9.17, 15) is 27.2 Å². The number of hydrogen-bond acceptors (Lipinski definition) is 7. The van der Waals surface area contributed by atoms with Crippen LogP contribution in [0, 0.1) is 17.7 Å². The Morgan fingerprint density at radius 3 is 2.52 bits per heavy atom. The molecule has 0 aliphatic rings. The van der Waals surface area contributed by atoms with E-state index in [2.05, 4.69) is 47.6 Å². The van der Waals surface area contributed by atoms with Gasteiger partial charge >= 0.3 is 6.18 Å². The third-order valence-corrected chi connectivity index (χ3v) is 6.09. The van der Waals surface area contributed by atoms with Gasteiger partial charge in [0.15, 0.2) is 11.6 Å². The van der Waals surface area contributed by atoms with Gasteiger partial charge in [-0.05, 0) is 42.3 Å². The highest BCUT2D eigenvalue weighted by atomic mass is 19.4. The topological polar surface area (TPSA) is 140 Å². The molecule has 0 aliphatic carbocycles. The summed E-state index contributed by atoms with van der Waals surface area (Å²) in [6, 6.07) is 8.62. The zero-order chi connectivity index (χ0) is 31.4. The first-order chi connectivity index (χ1) is 21.0. The van der Waals surface area contributed by atoms with Gasteiger partial charge in [0, 0.05) is 43.7 Å². The molecule has 3 N–H and O–H groups in total. The fourth-order valence-electron chi connectivity index (χ4n) is 3.91. The van der Waals surface area contributed by atoms with Crippen LogP contribution in [0.3, 0.4) is 0 Å². The van der Waals surface area contributed by atoms with Gasteiger partial charge in [-0.25, -0.2) is 14.4 Å². The third kappa shape index (κ3) is 6.54. The summed E-state index contributed by atoms with van der Waals surface area (Å²) in [4.78, 5) is 37.0. The number of ether oxygens (including phenoxy) is 1. The molecular weight excluding hydrogens is 584 g/mol. The average Bonchev–Trinajstić information content (AvgIpc) is 3.65. The molecule has 0 saturated carbocycles. The van der Waals surface area contributed by atoms with E-state index in [4.69, 9.17) is 4.74 Å². The molecular formula is C29H20F4N8O3. The maximum atomic E-state index is 14.6. The summed E-state index contributed by atoms with van der Waals surface area (Å²) in [6.07, 6.45) is -0.741. The minimum atomic E-state index is -4.78. The number of carbonyl (C=O) groups excluding carboxylic acids is 2. The number of imidazole rings is 1. The van der Waals surface area contributed by atoms with Gasteiger partial charge < -0.3 is 19.9 Å². The number of hydrogen-bond donors (Lipinski definition) is 3. The van der Waals surface area contributed by atoms with Crippen LogP contribution in [0.25, 0.3) is 11.6 Å². The van der Waals surface area contributed by atoms with E-state index in [-0.39, 0.29) is 34.0 Å². The lowest BCUT2D eigenvalue weighted by molar-refractivity contribution is -0.137. The summed E-state index contributed by atoms with van der Waals surface area (Å²) in [7, 11) is 3.07. The SMILES string of the molecule is CNC(=O)c1cc(Oc2cc(NC(=O)c3ccc(F)c(C#Cc4cnc(-c5ncn[nH]5)n4C)c3)cc(C(F)(F)F)c2)ccn1. The number of carbonyl (C=O) groups is 2. The van der Waals surface area contributed by atoms with Gasteiger partial charge in [0.2, 0.25) is 0 Å². The van der Waals surface area contributed by atoms with Gasteiger partial charge in [-0.15, -0.1) is 0 Å². The molecule has 0 radical (unpaired) electrons. The predicted molar refractivity (Wildman–Crippen MR) is 148 cm³/mol. The Kier molecular flexibility index (Phi) is 8.07. The second kappa shape index (κ2) is 12.1. The largest absolute Gasteiger partial charge is 0.457 e. The molecule has 15 heteroatoms. The van der Waals surface area contributed by atoms with E-state index in [1.165, 1.54) is 56.1 Å². The molecule has 3 heterocycles. The Hall–Kier alpha value is -6.04. The van der Waals surface area contributed by atoms with Crippen LogP contribution in [-0.2, 0) is 13.2 Å². The first kappa shape index (κ1) is 29.5. The number of aromatic amines is 1. The summed E-state index contributed by atoms with van der Waals surface area (Å²) in [6.45, 7) is 0. The van der Waals surface area contributed by atoms with Crippen molar-refractivity contribution in [3.63, 3.8) is 0 Å². The highest BCUT2D eigenvalue weighted by molar-refractivity contribution is 6.04.